The number of nitrogens with one attached hydrogen (secondary N) is 1. The van der Waals surface area contributed by atoms with Crippen molar-refractivity contribution in [1.29, 1.82) is 0 Å². The van der Waals surface area contributed by atoms with Crippen LogP contribution in [0.25, 0.3) is 0 Å². The minimum absolute atomic E-state index is 0.165. The van der Waals surface area contributed by atoms with E-state index >= 15 is 0 Å². The second kappa shape index (κ2) is 5.31. The molecule has 94 valence electrons. The highest BCUT2D eigenvalue weighted by atomic mass is 16.5. The number of hydrogen-bond acceptors (Lipinski definition) is 4. The van der Waals surface area contributed by atoms with Crippen LogP contribution in [0.5, 0.6) is 0 Å². The number of ether oxygens (including phenoxy) is 1. The van der Waals surface area contributed by atoms with Crippen molar-refractivity contribution < 1.29 is 9.53 Å². The molecule has 0 aromatic carbocycles. The number of hydrogen-bond donors (Lipinski definition) is 1. The number of rotatable bonds is 6. The molecule has 1 atom stereocenters. The molecule has 1 aromatic rings. The van der Waals surface area contributed by atoms with Gasteiger partial charge in [-0.25, -0.2) is 4.98 Å². The lowest BCUT2D eigenvalue weighted by molar-refractivity contribution is -0.143. The fourth-order valence-corrected chi connectivity index (χ4v) is 2.00. The summed E-state index contributed by atoms with van der Waals surface area (Å²) < 4.78 is 6.88. The molecule has 2 rings (SSSR count). The first-order chi connectivity index (χ1) is 8.26. The SMILES string of the molecule is CCn1ccnc1CN[C@@H](C(=O)OC)C1CC1. The number of carbonyl (C=O) groups is 1. The molecule has 1 saturated carbocycles. The largest absolute Gasteiger partial charge is 0.468 e. The normalized spacial score (nSPS) is 16.8. The van der Waals surface area contributed by atoms with E-state index in [4.69, 9.17) is 4.74 Å². The molecule has 0 saturated heterocycles. The van der Waals surface area contributed by atoms with Gasteiger partial charge in [-0.2, -0.15) is 0 Å². The Morgan fingerprint density at radius 3 is 3.06 bits per heavy atom. The molecular weight excluding hydrogens is 218 g/mol. The van der Waals surface area contributed by atoms with Gasteiger partial charge < -0.3 is 9.30 Å². The zero-order valence-corrected chi connectivity index (χ0v) is 10.3. The molecule has 0 radical (unpaired) electrons. The Bertz CT molecular complexity index is 385. The minimum atomic E-state index is -0.179. The highest BCUT2D eigenvalue weighted by molar-refractivity contribution is 5.76. The maximum Gasteiger partial charge on any atom is 0.323 e. The van der Waals surface area contributed by atoms with Crippen molar-refractivity contribution in [1.82, 2.24) is 14.9 Å². The Labute approximate surface area is 101 Å². The lowest BCUT2D eigenvalue weighted by Crippen LogP contribution is -2.39. The van der Waals surface area contributed by atoms with E-state index in [0.717, 1.165) is 25.2 Å². The molecule has 1 aliphatic carbocycles. The van der Waals surface area contributed by atoms with Gasteiger partial charge in [0.1, 0.15) is 11.9 Å². The van der Waals surface area contributed by atoms with Gasteiger partial charge in [-0.05, 0) is 25.7 Å². The summed E-state index contributed by atoms with van der Waals surface area (Å²) in [6.45, 7) is 3.57. The van der Waals surface area contributed by atoms with Crippen LogP contribution in [0.15, 0.2) is 12.4 Å². The molecule has 1 N–H and O–H groups in total. The summed E-state index contributed by atoms with van der Waals surface area (Å²) in [5.74, 6) is 1.23. The average Bonchev–Trinajstić information content (AvgIpc) is 3.07. The molecular formula is C12H19N3O2. The van der Waals surface area contributed by atoms with Gasteiger partial charge in [0.15, 0.2) is 0 Å². The van der Waals surface area contributed by atoms with Crippen molar-refractivity contribution in [3.8, 4) is 0 Å². The van der Waals surface area contributed by atoms with Crippen LogP contribution in [-0.4, -0.2) is 28.7 Å². The van der Waals surface area contributed by atoms with Gasteiger partial charge in [0.05, 0.1) is 13.7 Å². The number of aryl methyl sites for hydroxylation is 1. The molecule has 0 amide bonds. The van der Waals surface area contributed by atoms with Crippen molar-refractivity contribution >= 4 is 5.97 Å². The van der Waals surface area contributed by atoms with Gasteiger partial charge in [0.25, 0.3) is 0 Å². The van der Waals surface area contributed by atoms with Gasteiger partial charge in [0.2, 0.25) is 0 Å². The van der Waals surface area contributed by atoms with E-state index in [2.05, 4.69) is 21.8 Å². The minimum Gasteiger partial charge on any atom is -0.468 e. The first-order valence-electron chi connectivity index (χ1n) is 6.07. The highest BCUT2D eigenvalue weighted by Crippen LogP contribution is 2.33. The number of nitrogens with zero attached hydrogens (tertiary/aromatic N) is 2. The van der Waals surface area contributed by atoms with Crippen LogP contribution < -0.4 is 5.32 Å². The zero-order chi connectivity index (χ0) is 12.3. The number of aromatic nitrogens is 2. The predicted octanol–water partition coefficient (Wildman–Crippen LogP) is 0.944. The summed E-state index contributed by atoms with van der Waals surface area (Å²) in [4.78, 5) is 15.9. The van der Waals surface area contributed by atoms with E-state index in [9.17, 15) is 4.79 Å². The Morgan fingerprint density at radius 1 is 1.71 bits per heavy atom. The molecule has 1 aromatic heterocycles. The van der Waals surface area contributed by atoms with Crippen LogP contribution in [0.4, 0.5) is 0 Å². The first-order valence-corrected chi connectivity index (χ1v) is 6.07. The molecule has 5 heteroatoms. The Morgan fingerprint density at radius 2 is 2.47 bits per heavy atom. The van der Waals surface area contributed by atoms with Gasteiger partial charge >= 0.3 is 5.97 Å². The lowest BCUT2D eigenvalue weighted by atomic mass is 10.2. The van der Waals surface area contributed by atoms with Crippen molar-refractivity contribution in [3.05, 3.63) is 18.2 Å². The molecule has 0 bridgehead atoms. The summed E-state index contributed by atoms with van der Waals surface area (Å²) >= 11 is 0. The molecule has 0 aliphatic heterocycles. The van der Waals surface area contributed by atoms with E-state index in [0.29, 0.717) is 12.5 Å². The lowest BCUT2D eigenvalue weighted by Gasteiger charge is -2.15. The van der Waals surface area contributed by atoms with Crippen LogP contribution >= 0.6 is 0 Å². The zero-order valence-electron chi connectivity index (χ0n) is 10.3. The summed E-state index contributed by atoms with van der Waals surface area (Å²) in [6.07, 6.45) is 5.94. The molecule has 1 heterocycles. The summed E-state index contributed by atoms with van der Waals surface area (Å²) in [5, 5.41) is 3.25. The molecule has 17 heavy (non-hydrogen) atoms. The summed E-state index contributed by atoms with van der Waals surface area (Å²) in [5.41, 5.74) is 0. The smallest absolute Gasteiger partial charge is 0.323 e. The van der Waals surface area contributed by atoms with Crippen LogP contribution in [-0.2, 0) is 22.6 Å². The predicted molar refractivity (Wildman–Crippen MR) is 63.3 cm³/mol. The van der Waals surface area contributed by atoms with Gasteiger partial charge in [-0.1, -0.05) is 0 Å². The average molecular weight is 237 g/mol. The van der Waals surface area contributed by atoms with Crippen molar-refractivity contribution in [3.63, 3.8) is 0 Å². The third kappa shape index (κ3) is 2.85. The second-order valence-electron chi connectivity index (χ2n) is 4.35. The summed E-state index contributed by atoms with van der Waals surface area (Å²) in [7, 11) is 1.44. The number of esters is 1. The van der Waals surface area contributed by atoms with Crippen LogP contribution in [0.2, 0.25) is 0 Å². The van der Waals surface area contributed by atoms with E-state index in [1.807, 2.05) is 6.20 Å². The fourth-order valence-electron chi connectivity index (χ4n) is 2.00. The van der Waals surface area contributed by atoms with Crippen molar-refractivity contribution in [2.45, 2.75) is 38.9 Å². The van der Waals surface area contributed by atoms with E-state index in [1.54, 1.807) is 6.20 Å². The molecule has 1 fully saturated rings. The third-order valence-electron chi connectivity index (χ3n) is 3.17. The van der Waals surface area contributed by atoms with Crippen molar-refractivity contribution in [2.75, 3.05) is 7.11 Å². The maximum atomic E-state index is 11.6. The van der Waals surface area contributed by atoms with Crippen LogP contribution in [0.3, 0.4) is 0 Å². The maximum absolute atomic E-state index is 11.6. The Kier molecular flexibility index (Phi) is 3.78. The van der Waals surface area contributed by atoms with Crippen LogP contribution in [0, 0.1) is 5.92 Å². The number of carbonyl (C=O) groups excluding carboxylic acids is 1. The molecule has 1 aliphatic rings. The third-order valence-corrected chi connectivity index (χ3v) is 3.17. The number of methoxy groups -OCH3 is 1. The van der Waals surface area contributed by atoms with Gasteiger partial charge in [0, 0.05) is 18.9 Å². The van der Waals surface area contributed by atoms with Crippen LogP contribution in [0.1, 0.15) is 25.6 Å². The van der Waals surface area contributed by atoms with Gasteiger partial charge in [-0.3, -0.25) is 10.1 Å². The van der Waals surface area contributed by atoms with Crippen molar-refractivity contribution in [2.24, 2.45) is 5.92 Å². The van der Waals surface area contributed by atoms with E-state index < -0.39 is 0 Å². The first kappa shape index (κ1) is 12.1. The highest BCUT2D eigenvalue weighted by Gasteiger charge is 2.36. The standard InChI is InChI=1S/C12H19N3O2/c1-3-15-7-6-13-10(15)8-14-11(9-4-5-9)12(16)17-2/h6-7,9,11,14H,3-5,8H2,1-2H3/t11-/m1/s1. The molecule has 0 spiro atoms. The molecule has 0 unspecified atom stereocenters. The Hall–Kier alpha value is -1.36. The quantitative estimate of drug-likeness (QED) is 0.748. The Balaban J connectivity index is 1.93. The topological polar surface area (TPSA) is 56.2 Å². The molecule has 5 nitrogen and oxygen atoms in total. The fraction of sp³-hybridized carbons (Fsp3) is 0.667. The van der Waals surface area contributed by atoms with E-state index in [1.165, 1.54) is 7.11 Å². The monoisotopic (exact) mass is 237 g/mol. The van der Waals surface area contributed by atoms with E-state index in [-0.39, 0.29) is 12.0 Å². The number of imidazole rings is 1. The summed E-state index contributed by atoms with van der Waals surface area (Å²) in [6, 6.07) is -0.179. The second-order valence-corrected chi connectivity index (χ2v) is 4.35. The van der Waals surface area contributed by atoms with Gasteiger partial charge in [-0.15, -0.1) is 0 Å².